The standard InChI is InChI=1S/C19H19F2NO3/c1-3-12(2)13-7-4-5-10-16(13)22-17(23)11-25-19(24)18-14(20)8-6-9-15(18)21/h4-10,12H,3,11H2,1-2H3,(H,22,23)/t12-/m1/s1. The molecule has 2 aromatic rings. The Bertz CT molecular complexity index is 757. The monoisotopic (exact) mass is 347 g/mol. The fourth-order valence-electron chi connectivity index (χ4n) is 2.34. The fraction of sp³-hybridized carbons (Fsp3) is 0.263. The van der Waals surface area contributed by atoms with Crippen LogP contribution >= 0.6 is 0 Å². The largest absolute Gasteiger partial charge is 0.452 e. The summed E-state index contributed by atoms with van der Waals surface area (Å²) in [7, 11) is 0. The van der Waals surface area contributed by atoms with Crippen molar-refractivity contribution in [1.29, 1.82) is 0 Å². The topological polar surface area (TPSA) is 55.4 Å². The van der Waals surface area contributed by atoms with E-state index in [1.165, 1.54) is 0 Å². The second-order valence-corrected chi connectivity index (χ2v) is 5.62. The van der Waals surface area contributed by atoms with E-state index in [1.54, 1.807) is 12.1 Å². The zero-order valence-corrected chi connectivity index (χ0v) is 14.0. The van der Waals surface area contributed by atoms with Gasteiger partial charge in [-0.1, -0.05) is 38.1 Å². The number of amides is 1. The first-order chi connectivity index (χ1) is 11.9. The molecule has 1 N–H and O–H groups in total. The molecule has 0 saturated heterocycles. The third kappa shape index (κ3) is 4.62. The summed E-state index contributed by atoms with van der Waals surface area (Å²) < 4.78 is 31.7. The molecule has 6 heteroatoms. The molecule has 2 rings (SSSR count). The number of hydrogen-bond donors (Lipinski definition) is 1. The van der Waals surface area contributed by atoms with E-state index in [1.807, 2.05) is 26.0 Å². The van der Waals surface area contributed by atoms with Crippen LogP contribution < -0.4 is 5.32 Å². The summed E-state index contributed by atoms with van der Waals surface area (Å²) >= 11 is 0. The molecule has 0 fully saturated rings. The van der Waals surface area contributed by atoms with Gasteiger partial charge in [0, 0.05) is 5.69 Å². The number of carbonyl (C=O) groups excluding carboxylic acids is 2. The molecular formula is C19H19F2NO3. The summed E-state index contributed by atoms with van der Waals surface area (Å²) in [6.45, 7) is 3.43. The van der Waals surface area contributed by atoms with Gasteiger partial charge in [-0.2, -0.15) is 0 Å². The second-order valence-electron chi connectivity index (χ2n) is 5.62. The second kappa shape index (κ2) is 8.37. The number of esters is 1. The highest BCUT2D eigenvalue weighted by Crippen LogP contribution is 2.26. The molecule has 0 heterocycles. The highest BCUT2D eigenvalue weighted by molar-refractivity contribution is 5.96. The van der Waals surface area contributed by atoms with Crippen LogP contribution in [0.15, 0.2) is 42.5 Å². The smallest absolute Gasteiger partial charge is 0.344 e. The van der Waals surface area contributed by atoms with Crippen LogP contribution in [-0.4, -0.2) is 18.5 Å². The molecule has 4 nitrogen and oxygen atoms in total. The van der Waals surface area contributed by atoms with Crippen molar-refractivity contribution in [1.82, 2.24) is 0 Å². The summed E-state index contributed by atoms with van der Waals surface area (Å²) in [5.41, 5.74) is 0.773. The van der Waals surface area contributed by atoms with Gasteiger partial charge in [-0.25, -0.2) is 13.6 Å². The number of hydrogen-bond acceptors (Lipinski definition) is 3. The minimum absolute atomic E-state index is 0.242. The lowest BCUT2D eigenvalue weighted by Gasteiger charge is -2.15. The summed E-state index contributed by atoms with van der Waals surface area (Å²) in [5, 5.41) is 2.66. The van der Waals surface area contributed by atoms with Crippen molar-refractivity contribution in [3.8, 4) is 0 Å². The molecule has 25 heavy (non-hydrogen) atoms. The molecule has 0 aliphatic carbocycles. The number of benzene rings is 2. The summed E-state index contributed by atoms with van der Waals surface area (Å²) in [6, 6.07) is 10.3. The van der Waals surface area contributed by atoms with E-state index in [4.69, 9.17) is 4.74 Å². The Morgan fingerprint density at radius 3 is 2.36 bits per heavy atom. The van der Waals surface area contributed by atoms with Crippen LogP contribution in [0.1, 0.15) is 42.1 Å². The molecule has 0 spiro atoms. The maximum Gasteiger partial charge on any atom is 0.344 e. The quantitative estimate of drug-likeness (QED) is 0.794. The number of nitrogens with one attached hydrogen (secondary N) is 1. The molecule has 2 aromatic carbocycles. The van der Waals surface area contributed by atoms with Gasteiger partial charge in [0.2, 0.25) is 0 Å². The zero-order valence-electron chi connectivity index (χ0n) is 14.0. The molecule has 0 aliphatic rings. The average Bonchev–Trinajstić information content (AvgIpc) is 2.59. The first-order valence-corrected chi connectivity index (χ1v) is 7.94. The molecule has 0 aromatic heterocycles. The molecule has 0 aliphatic heterocycles. The highest BCUT2D eigenvalue weighted by atomic mass is 19.1. The normalized spacial score (nSPS) is 11.7. The van der Waals surface area contributed by atoms with Crippen molar-refractivity contribution in [2.24, 2.45) is 0 Å². The number of ether oxygens (including phenoxy) is 1. The van der Waals surface area contributed by atoms with Crippen LogP contribution in [0, 0.1) is 11.6 Å². The number of rotatable bonds is 6. The van der Waals surface area contributed by atoms with E-state index in [0.717, 1.165) is 30.2 Å². The Kier molecular flexibility index (Phi) is 6.22. The number of carbonyl (C=O) groups is 2. The van der Waals surface area contributed by atoms with Crippen molar-refractivity contribution >= 4 is 17.6 Å². The molecule has 132 valence electrons. The van der Waals surface area contributed by atoms with Gasteiger partial charge in [-0.05, 0) is 36.1 Å². The van der Waals surface area contributed by atoms with Gasteiger partial charge in [-0.15, -0.1) is 0 Å². The SMILES string of the molecule is CC[C@@H](C)c1ccccc1NC(=O)COC(=O)c1c(F)cccc1F. The maximum absolute atomic E-state index is 13.5. The van der Waals surface area contributed by atoms with Crippen molar-refractivity contribution in [3.05, 3.63) is 65.2 Å². The molecular weight excluding hydrogens is 328 g/mol. The number of anilines is 1. The first-order valence-electron chi connectivity index (χ1n) is 7.94. The Hall–Kier alpha value is -2.76. The van der Waals surface area contributed by atoms with Crippen LogP contribution in [0.2, 0.25) is 0 Å². The van der Waals surface area contributed by atoms with E-state index < -0.39 is 35.7 Å². The first kappa shape index (κ1) is 18.6. The molecule has 1 atom stereocenters. The van der Waals surface area contributed by atoms with Crippen LogP contribution in [0.25, 0.3) is 0 Å². The molecule has 0 unspecified atom stereocenters. The van der Waals surface area contributed by atoms with Crippen LogP contribution in [0.4, 0.5) is 14.5 Å². The third-order valence-electron chi connectivity index (χ3n) is 3.88. The van der Waals surface area contributed by atoms with E-state index >= 15 is 0 Å². The van der Waals surface area contributed by atoms with Crippen molar-refractivity contribution in [3.63, 3.8) is 0 Å². The van der Waals surface area contributed by atoms with E-state index in [2.05, 4.69) is 5.32 Å². The third-order valence-corrected chi connectivity index (χ3v) is 3.88. The van der Waals surface area contributed by atoms with Gasteiger partial charge in [-0.3, -0.25) is 4.79 Å². The van der Waals surface area contributed by atoms with Crippen LogP contribution in [-0.2, 0) is 9.53 Å². The number of halogens is 2. The average molecular weight is 347 g/mol. The number of para-hydroxylation sites is 1. The van der Waals surface area contributed by atoms with Gasteiger partial charge in [0.1, 0.15) is 17.2 Å². The van der Waals surface area contributed by atoms with Crippen molar-refractivity contribution in [2.45, 2.75) is 26.2 Å². The van der Waals surface area contributed by atoms with Crippen molar-refractivity contribution < 1.29 is 23.1 Å². The summed E-state index contributed by atoms with van der Waals surface area (Å²) in [6.07, 6.45) is 0.897. The Balaban J connectivity index is 2.01. The van der Waals surface area contributed by atoms with Crippen LogP contribution in [0.5, 0.6) is 0 Å². The van der Waals surface area contributed by atoms with Gasteiger partial charge < -0.3 is 10.1 Å². The van der Waals surface area contributed by atoms with Gasteiger partial charge in [0.25, 0.3) is 5.91 Å². The predicted octanol–water partition coefficient (Wildman–Crippen LogP) is 4.27. The molecule has 0 radical (unpaired) electrons. The summed E-state index contributed by atoms with van der Waals surface area (Å²) in [5.74, 6) is -3.63. The van der Waals surface area contributed by atoms with Gasteiger partial charge in [0.15, 0.2) is 6.61 Å². The van der Waals surface area contributed by atoms with Gasteiger partial charge in [0.05, 0.1) is 0 Å². The lowest BCUT2D eigenvalue weighted by Crippen LogP contribution is -2.22. The van der Waals surface area contributed by atoms with E-state index in [-0.39, 0.29) is 5.92 Å². The minimum atomic E-state index is -1.22. The lowest BCUT2D eigenvalue weighted by molar-refractivity contribution is -0.119. The molecule has 0 bridgehead atoms. The van der Waals surface area contributed by atoms with Crippen LogP contribution in [0.3, 0.4) is 0 Å². The summed E-state index contributed by atoms with van der Waals surface area (Å²) in [4.78, 5) is 23.8. The van der Waals surface area contributed by atoms with E-state index in [9.17, 15) is 18.4 Å². The van der Waals surface area contributed by atoms with E-state index in [0.29, 0.717) is 5.69 Å². The van der Waals surface area contributed by atoms with Gasteiger partial charge >= 0.3 is 5.97 Å². The fourth-order valence-corrected chi connectivity index (χ4v) is 2.34. The molecule has 1 amide bonds. The predicted molar refractivity (Wildman–Crippen MR) is 90.4 cm³/mol. The lowest BCUT2D eigenvalue weighted by atomic mass is 9.97. The maximum atomic E-state index is 13.5. The highest BCUT2D eigenvalue weighted by Gasteiger charge is 2.20. The molecule has 0 saturated carbocycles. The Morgan fingerprint density at radius 2 is 1.72 bits per heavy atom. The Labute approximate surface area is 144 Å². The minimum Gasteiger partial charge on any atom is -0.452 e. The Morgan fingerprint density at radius 1 is 1.08 bits per heavy atom. The van der Waals surface area contributed by atoms with Crippen molar-refractivity contribution in [2.75, 3.05) is 11.9 Å². The zero-order chi connectivity index (χ0) is 18.4.